The van der Waals surface area contributed by atoms with E-state index in [0.29, 0.717) is 48.8 Å². The number of rotatable bonds is 5. The molecule has 3 aliphatic rings. The number of fused-ring (bicyclic) bond motifs is 3. The fourth-order valence-corrected chi connectivity index (χ4v) is 5.00. The molecule has 12 heteroatoms. The molecular formula is C23H25ClFN5O5. The van der Waals surface area contributed by atoms with Crippen molar-refractivity contribution in [1.29, 1.82) is 0 Å². The molecule has 186 valence electrons. The lowest BCUT2D eigenvalue weighted by atomic mass is 10.0. The van der Waals surface area contributed by atoms with Gasteiger partial charge in [-0.05, 0) is 32.4 Å². The van der Waals surface area contributed by atoms with Gasteiger partial charge in [0.1, 0.15) is 23.0 Å². The average Bonchev–Trinajstić information content (AvgIpc) is 3.35. The number of anilines is 1. The second kappa shape index (κ2) is 8.32. The van der Waals surface area contributed by atoms with Crippen LogP contribution in [0.5, 0.6) is 0 Å². The molecule has 2 aromatic heterocycles. The molecule has 0 aliphatic carbocycles. The monoisotopic (exact) mass is 505 g/mol. The minimum absolute atomic E-state index is 0.0678. The summed E-state index contributed by atoms with van der Waals surface area (Å²) >= 11 is 6.43. The number of hydrogen-bond acceptors (Lipinski definition) is 9. The molecule has 3 aromatic rings. The molecule has 1 aromatic carbocycles. The van der Waals surface area contributed by atoms with Gasteiger partial charge >= 0.3 is 0 Å². The van der Waals surface area contributed by atoms with Gasteiger partial charge in [0, 0.05) is 5.56 Å². The van der Waals surface area contributed by atoms with Crippen molar-refractivity contribution in [2.24, 2.45) is 0 Å². The number of nitrogens with one attached hydrogen (secondary N) is 1. The maximum Gasteiger partial charge on any atom is 0.223 e. The largest absolute Gasteiger partial charge is 0.386 e. The van der Waals surface area contributed by atoms with Crippen LogP contribution < -0.4 is 5.32 Å². The molecule has 6 rings (SSSR count). The molecule has 1 unspecified atom stereocenters. The first-order chi connectivity index (χ1) is 16.7. The lowest BCUT2D eigenvalue weighted by Gasteiger charge is -2.32. The Labute approximate surface area is 205 Å². The average molecular weight is 506 g/mol. The molecule has 0 spiro atoms. The van der Waals surface area contributed by atoms with Crippen molar-refractivity contribution >= 4 is 28.6 Å². The Kier molecular flexibility index (Phi) is 5.47. The van der Waals surface area contributed by atoms with Crippen molar-refractivity contribution in [3.8, 4) is 11.3 Å². The van der Waals surface area contributed by atoms with Gasteiger partial charge in [-0.3, -0.25) is 0 Å². The van der Waals surface area contributed by atoms with Crippen LogP contribution in [0.3, 0.4) is 0 Å². The fraction of sp³-hybridized carbons (Fsp3) is 0.522. The van der Waals surface area contributed by atoms with E-state index in [4.69, 9.17) is 25.8 Å². The zero-order chi connectivity index (χ0) is 24.5. The highest BCUT2D eigenvalue weighted by Crippen LogP contribution is 2.36. The molecule has 5 heterocycles. The van der Waals surface area contributed by atoms with Gasteiger partial charge in [0.2, 0.25) is 5.95 Å². The molecule has 2 bridgehead atoms. The molecule has 3 aliphatic heterocycles. The summed E-state index contributed by atoms with van der Waals surface area (Å²) in [5, 5.41) is 24.6. The van der Waals surface area contributed by atoms with E-state index in [9.17, 15) is 10.2 Å². The third-order valence-corrected chi connectivity index (χ3v) is 6.87. The standard InChI is InChI=1S/C23H25ClFN5O5/c1-23(2,32)21-28-18-14(25)3-10(4-16(18)30(21)11-7-33-8-11)17-13(24)6-26-22(29-17)27-15-5-12-9-34-20(35-12)19(15)31/h3-4,6,11-12,15,19-20,31-32H,5,7-9H2,1-2H3,(H,26,27,29)/t12-,15?,19-,20+/m0/s1. The first-order valence-electron chi connectivity index (χ1n) is 11.5. The van der Waals surface area contributed by atoms with Crippen LogP contribution in [-0.4, -0.2) is 74.1 Å². The quantitative estimate of drug-likeness (QED) is 0.479. The number of aromatic nitrogens is 4. The number of hydrogen-bond donors (Lipinski definition) is 3. The van der Waals surface area contributed by atoms with Crippen LogP contribution >= 0.6 is 11.6 Å². The van der Waals surface area contributed by atoms with Crippen molar-refractivity contribution in [2.75, 3.05) is 25.1 Å². The summed E-state index contributed by atoms with van der Waals surface area (Å²) in [5.74, 6) is 0.0476. The Morgan fingerprint density at radius 2 is 2.03 bits per heavy atom. The first-order valence-corrected chi connectivity index (χ1v) is 11.8. The second-order valence-electron chi connectivity index (χ2n) is 9.71. The molecule has 0 amide bonds. The minimum atomic E-state index is -1.28. The summed E-state index contributed by atoms with van der Waals surface area (Å²) < 4.78 is 33.5. The summed E-state index contributed by atoms with van der Waals surface area (Å²) in [6, 6.07) is 2.64. The van der Waals surface area contributed by atoms with Crippen LogP contribution in [0.25, 0.3) is 22.3 Å². The zero-order valence-corrected chi connectivity index (χ0v) is 19.9. The number of benzene rings is 1. The summed E-state index contributed by atoms with van der Waals surface area (Å²) in [4.78, 5) is 13.2. The number of nitrogens with zero attached hydrogens (tertiary/aromatic N) is 4. The molecule has 4 atom stereocenters. The van der Waals surface area contributed by atoms with Crippen LogP contribution in [0, 0.1) is 5.82 Å². The number of aliphatic hydroxyl groups excluding tert-OH is 1. The van der Waals surface area contributed by atoms with Crippen molar-refractivity contribution < 1.29 is 28.8 Å². The van der Waals surface area contributed by atoms with Gasteiger partial charge in [0.05, 0.1) is 60.4 Å². The van der Waals surface area contributed by atoms with Gasteiger partial charge in [-0.2, -0.15) is 0 Å². The van der Waals surface area contributed by atoms with E-state index in [1.165, 1.54) is 12.3 Å². The maximum atomic E-state index is 15.3. The Morgan fingerprint density at radius 1 is 1.23 bits per heavy atom. The van der Waals surface area contributed by atoms with E-state index in [2.05, 4.69) is 20.3 Å². The van der Waals surface area contributed by atoms with Crippen LogP contribution in [0.4, 0.5) is 10.3 Å². The van der Waals surface area contributed by atoms with Crippen molar-refractivity contribution in [3.05, 3.63) is 35.0 Å². The van der Waals surface area contributed by atoms with Gasteiger partial charge < -0.3 is 34.3 Å². The maximum absolute atomic E-state index is 15.3. The van der Waals surface area contributed by atoms with Gasteiger partial charge in [-0.25, -0.2) is 19.3 Å². The Hall–Kier alpha value is -2.41. The third kappa shape index (κ3) is 3.96. The highest BCUT2D eigenvalue weighted by molar-refractivity contribution is 6.33. The van der Waals surface area contributed by atoms with Gasteiger partial charge in [-0.15, -0.1) is 0 Å². The van der Waals surface area contributed by atoms with Crippen molar-refractivity contribution in [1.82, 2.24) is 19.5 Å². The van der Waals surface area contributed by atoms with Gasteiger partial charge in [-0.1, -0.05) is 11.6 Å². The minimum Gasteiger partial charge on any atom is -0.386 e. The zero-order valence-electron chi connectivity index (χ0n) is 19.1. The second-order valence-corrected chi connectivity index (χ2v) is 10.1. The molecule has 0 saturated carbocycles. The number of imidazole rings is 1. The van der Waals surface area contributed by atoms with Crippen LogP contribution in [0.15, 0.2) is 18.3 Å². The smallest absolute Gasteiger partial charge is 0.223 e. The van der Waals surface area contributed by atoms with E-state index < -0.39 is 23.8 Å². The Morgan fingerprint density at radius 3 is 2.74 bits per heavy atom. The highest BCUT2D eigenvalue weighted by Gasteiger charge is 2.43. The topological polar surface area (TPSA) is 124 Å². The van der Waals surface area contributed by atoms with E-state index in [1.54, 1.807) is 19.9 Å². The lowest BCUT2D eigenvalue weighted by Crippen LogP contribution is -2.48. The van der Waals surface area contributed by atoms with Crippen LogP contribution in [0.2, 0.25) is 5.02 Å². The molecule has 3 N–H and O–H groups in total. The summed E-state index contributed by atoms with van der Waals surface area (Å²) in [6.07, 6.45) is 0.289. The van der Waals surface area contributed by atoms with Gasteiger partial charge in [0.25, 0.3) is 0 Å². The molecule has 35 heavy (non-hydrogen) atoms. The number of ether oxygens (including phenoxy) is 3. The van der Waals surface area contributed by atoms with Gasteiger partial charge in [0.15, 0.2) is 12.1 Å². The summed E-state index contributed by atoms with van der Waals surface area (Å²) in [5.41, 5.74) is 0.155. The van der Waals surface area contributed by atoms with E-state index in [0.717, 1.165) is 0 Å². The predicted octanol–water partition coefficient (Wildman–Crippen LogP) is 2.37. The Bertz CT molecular complexity index is 1290. The summed E-state index contributed by atoms with van der Waals surface area (Å²) in [7, 11) is 0. The van der Waals surface area contributed by atoms with E-state index >= 15 is 4.39 Å². The van der Waals surface area contributed by atoms with Crippen LogP contribution in [0.1, 0.15) is 32.1 Å². The van der Waals surface area contributed by atoms with E-state index in [-0.39, 0.29) is 34.7 Å². The fourth-order valence-electron chi connectivity index (χ4n) is 4.80. The predicted molar refractivity (Wildman–Crippen MR) is 123 cm³/mol. The normalized spacial score (nSPS) is 26.8. The Balaban J connectivity index is 1.40. The number of aliphatic hydroxyl groups is 2. The SMILES string of the molecule is CC(C)(O)c1nc2c(F)cc(-c3nc(NC4C[C@H]5CO[C@H](O5)[C@H]4O)ncc3Cl)cc2n1C1COC1. The molecule has 10 nitrogen and oxygen atoms in total. The summed E-state index contributed by atoms with van der Waals surface area (Å²) in [6.45, 7) is 4.55. The van der Waals surface area contributed by atoms with Crippen LogP contribution in [-0.2, 0) is 19.8 Å². The highest BCUT2D eigenvalue weighted by atomic mass is 35.5. The molecule has 3 fully saturated rings. The number of halogens is 2. The molecular weight excluding hydrogens is 481 g/mol. The van der Waals surface area contributed by atoms with E-state index in [1.807, 2.05) is 4.57 Å². The van der Waals surface area contributed by atoms with Crippen molar-refractivity contribution in [3.63, 3.8) is 0 Å². The lowest BCUT2D eigenvalue weighted by molar-refractivity contribution is -0.156. The first kappa shape index (κ1) is 23.0. The third-order valence-electron chi connectivity index (χ3n) is 6.59. The molecule has 3 saturated heterocycles. The van der Waals surface area contributed by atoms with Crippen molar-refractivity contribution in [2.45, 2.75) is 56.5 Å². The molecule has 0 radical (unpaired) electrons.